The molecule has 34 heavy (non-hydrogen) atoms. The lowest BCUT2D eigenvalue weighted by Gasteiger charge is -2.25. The molecule has 2 N–H and O–H groups in total. The molecule has 9 heteroatoms. The number of Topliss-reactive ketones (excluding diaryl/α,β-unsaturated/α-hetero) is 1. The van der Waals surface area contributed by atoms with E-state index < -0.39 is 35.1 Å². The van der Waals surface area contributed by atoms with Crippen molar-refractivity contribution in [3.8, 4) is 17.2 Å². The Morgan fingerprint density at radius 1 is 0.941 bits per heavy atom. The second kappa shape index (κ2) is 8.86. The van der Waals surface area contributed by atoms with Crippen molar-refractivity contribution in [1.82, 2.24) is 0 Å². The van der Waals surface area contributed by atoms with E-state index in [0.717, 1.165) is 23.1 Å². The first-order chi connectivity index (χ1) is 16.3. The number of aliphatic hydroxyl groups is 1. The molecule has 1 saturated heterocycles. The molecule has 1 unspecified atom stereocenters. The van der Waals surface area contributed by atoms with Crippen LogP contribution in [-0.2, 0) is 9.59 Å². The molecule has 174 valence electrons. The molecular formula is C25H19F2NO6. The fourth-order valence-electron chi connectivity index (χ4n) is 3.88. The van der Waals surface area contributed by atoms with E-state index in [-0.39, 0.29) is 33.9 Å². The van der Waals surface area contributed by atoms with Gasteiger partial charge in [0.25, 0.3) is 11.7 Å². The number of anilines is 1. The minimum Gasteiger partial charge on any atom is -0.508 e. The minimum atomic E-state index is -1.25. The van der Waals surface area contributed by atoms with Gasteiger partial charge in [-0.25, -0.2) is 8.78 Å². The van der Waals surface area contributed by atoms with Crippen molar-refractivity contribution in [2.45, 2.75) is 6.04 Å². The van der Waals surface area contributed by atoms with Gasteiger partial charge in [-0.2, -0.15) is 0 Å². The number of rotatable bonds is 5. The summed E-state index contributed by atoms with van der Waals surface area (Å²) in [6.45, 7) is 0. The monoisotopic (exact) mass is 467 g/mol. The third-order valence-electron chi connectivity index (χ3n) is 5.48. The quantitative estimate of drug-likeness (QED) is 0.330. The number of benzene rings is 3. The highest BCUT2D eigenvalue weighted by Gasteiger charge is 2.47. The minimum absolute atomic E-state index is 0.102. The van der Waals surface area contributed by atoms with Gasteiger partial charge in [-0.05, 0) is 42.0 Å². The van der Waals surface area contributed by atoms with E-state index in [1.165, 1.54) is 56.7 Å². The van der Waals surface area contributed by atoms with Crippen LogP contribution in [0.15, 0.2) is 66.2 Å². The van der Waals surface area contributed by atoms with Gasteiger partial charge in [-0.1, -0.05) is 12.1 Å². The molecule has 0 bridgehead atoms. The molecule has 3 aromatic carbocycles. The Morgan fingerprint density at radius 3 is 2.35 bits per heavy atom. The molecule has 1 fully saturated rings. The van der Waals surface area contributed by atoms with E-state index in [1.807, 2.05) is 0 Å². The van der Waals surface area contributed by atoms with Crippen molar-refractivity contribution >= 4 is 23.1 Å². The summed E-state index contributed by atoms with van der Waals surface area (Å²) >= 11 is 0. The number of nitrogens with zero attached hydrogens (tertiary/aromatic N) is 1. The van der Waals surface area contributed by atoms with Gasteiger partial charge in [-0.3, -0.25) is 14.5 Å². The number of aliphatic hydroxyl groups excluding tert-OH is 1. The van der Waals surface area contributed by atoms with Gasteiger partial charge in [0.1, 0.15) is 23.0 Å². The van der Waals surface area contributed by atoms with E-state index >= 15 is 0 Å². The first-order valence-electron chi connectivity index (χ1n) is 10.0. The van der Waals surface area contributed by atoms with Crippen molar-refractivity contribution in [2.75, 3.05) is 19.1 Å². The van der Waals surface area contributed by atoms with Crippen LogP contribution in [0.2, 0.25) is 0 Å². The lowest BCUT2D eigenvalue weighted by Crippen LogP contribution is -2.29. The SMILES string of the molecule is COc1ccc(/C(O)=C2/C(=O)C(=O)N(c3ccc(F)c(F)c3)C2c2cccc(O)c2)c(OC)c1. The highest BCUT2D eigenvalue weighted by molar-refractivity contribution is 6.51. The zero-order chi connectivity index (χ0) is 24.6. The number of ketones is 1. The van der Waals surface area contributed by atoms with Crippen molar-refractivity contribution in [1.29, 1.82) is 0 Å². The number of phenolic OH excluding ortho intramolecular Hbond substituents is 1. The normalized spacial score (nSPS) is 17.2. The standard InChI is InChI=1S/C25H19F2NO6/c1-33-16-7-8-17(20(12-16)34-2)23(30)21-22(13-4-3-5-15(29)10-13)28(25(32)24(21)31)14-6-9-18(26)19(27)11-14/h3-12,22,29-30H,1-2H3/b23-21-. The van der Waals surface area contributed by atoms with Crippen LogP contribution in [0.4, 0.5) is 14.5 Å². The molecule has 1 heterocycles. The van der Waals surface area contributed by atoms with Crippen LogP contribution in [-0.4, -0.2) is 36.1 Å². The number of phenols is 1. The van der Waals surface area contributed by atoms with E-state index in [1.54, 1.807) is 0 Å². The van der Waals surface area contributed by atoms with E-state index in [0.29, 0.717) is 5.75 Å². The maximum atomic E-state index is 14.0. The van der Waals surface area contributed by atoms with E-state index in [4.69, 9.17) is 9.47 Å². The summed E-state index contributed by atoms with van der Waals surface area (Å²) in [5.41, 5.74) is -0.0476. The topological polar surface area (TPSA) is 96.3 Å². The number of ether oxygens (including phenoxy) is 2. The molecule has 0 aromatic heterocycles. The number of methoxy groups -OCH3 is 2. The fourth-order valence-corrected chi connectivity index (χ4v) is 3.88. The zero-order valence-electron chi connectivity index (χ0n) is 18.1. The molecule has 4 rings (SSSR count). The summed E-state index contributed by atoms with van der Waals surface area (Å²) < 4.78 is 38.0. The Kier molecular flexibility index (Phi) is 5.93. The average Bonchev–Trinajstić information content (AvgIpc) is 3.10. The van der Waals surface area contributed by atoms with Gasteiger partial charge >= 0.3 is 0 Å². The predicted molar refractivity (Wildman–Crippen MR) is 119 cm³/mol. The van der Waals surface area contributed by atoms with Crippen LogP contribution in [0.25, 0.3) is 5.76 Å². The second-order valence-corrected chi connectivity index (χ2v) is 7.43. The second-order valence-electron chi connectivity index (χ2n) is 7.43. The summed E-state index contributed by atoms with van der Waals surface area (Å²) in [6, 6.07) is 11.7. The molecule has 0 radical (unpaired) electrons. The summed E-state index contributed by atoms with van der Waals surface area (Å²) in [6.07, 6.45) is 0. The largest absolute Gasteiger partial charge is 0.508 e. The van der Waals surface area contributed by atoms with Gasteiger partial charge in [0, 0.05) is 17.8 Å². The zero-order valence-corrected chi connectivity index (χ0v) is 18.1. The van der Waals surface area contributed by atoms with E-state index in [2.05, 4.69) is 0 Å². The smallest absolute Gasteiger partial charge is 0.300 e. The van der Waals surface area contributed by atoms with Gasteiger partial charge in [0.05, 0.1) is 31.4 Å². The Bertz CT molecular complexity index is 1340. The Balaban J connectivity index is 1.98. The van der Waals surface area contributed by atoms with Crippen LogP contribution in [0.1, 0.15) is 17.2 Å². The molecule has 3 aromatic rings. The molecule has 1 aliphatic rings. The molecule has 1 amide bonds. The van der Waals surface area contributed by atoms with Crippen molar-refractivity contribution in [2.24, 2.45) is 0 Å². The maximum absolute atomic E-state index is 14.0. The lowest BCUT2D eigenvalue weighted by molar-refractivity contribution is -0.132. The first kappa shape index (κ1) is 22.8. The average molecular weight is 467 g/mol. The maximum Gasteiger partial charge on any atom is 0.300 e. The molecule has 0 saturated carbocycles. The van der Waals surface area contributed by atoms with Crippen molar-refractivity contribution in [3.63, 3.8) is 0 Å². The van der Waals surface area contributed by atoms with Crippen LogP contribution in [0, 0.1) is 11.6 Å². The van der Waals surface area contributed by atoms with Crippen LogP contribution in [0.3, 0.4) is 0 Å². The molecule has 0 spiro atoms. The van der Waals surface area contributed by atoms with Crippen molar-refractivity contribution < 1.29 is 38.1 Å². The first-order valence-corrected chi connectivity index (χ1v) is 10.0. The van der Waals surface area contributed by atoms with E-state index in [9.17, 15) is 28.6 Å². The number of carbonyl (C=O) groups is 2. The molecular weight excluding hydrogens is 448 g/mol. The van der Waals surface area contributed by atoms with Crippen LogP contribution >= 0.6 is 0 Å². The predicted octanol–water partition coefficient (Wildman–Crippen LogP) is 4.31. The number of hydrogen-bond donors (Lipinski definition) is 2. The molecule has 0 aliphatic carbocycles. The van der Waals surface area contributed by atoms with Crippen molar-refractivity contribution in [3.05, 3.63) is 89.0 Å². The van der Waals surface area contributed by atoms with Crippen LogP contribution in [0.5, 0.6) is 17.2 Å². The van der Waals surface area contributed by atoms with Gasteiger partial charge in [-0.15, -0.1) is 0 Å². The molecule has 1 atom stereocenters. The summed E-state index contributed by atoms with van der Waals surface area (Å²) in [4.78, 5) is 27.2. The third-order valence-corrected chi connectivity index (χ3v) is 5.48. The lowest BCUT2D eigenvalue weighted by atomic mass is 9.94. The summed E-state index contributed by atoms with van der Waals surface area (Å²) in [7, 11) is 2.81. The summed E-state index contributed by atoms with van der Waals surface area (Å²) in [5.74, 6) is -4.55. The highest BCUT2D eigenvalue weighted by atomic mass is 19.2. The number of carbonyl (C=O) groups excluding carboxylic acids is 2. The highest BCUT2D eigenvalue weighted by Crippen LogP contribution is 2.44. The number of hydrogen-bond acceptors (Lipinski definition) is 6. The molecule has 7 nitrogen and oxygen atoms in total. The Hall–Kier alpha value is -4.40. The number of aromatic hydroxyl groups is 1. The fraction of sp³-hybridized carbons (Fsp3) is 0.120. The van der Waals surface area contributed by atoms with Gasteiger partial charge in [0.15, 0.2) is 11.6 Å². The van der Waals surface area contributed by atoms with Gasteiger partial charge < -0.3 is 19.7 Å². The third kappa shape index (κ3) is 3.81. The Morgan fingerprint density at radius 2 is 1.71 bits per heavy atom. The Labute approximate surface area is 193 Å². The number of amides is 1. The molecule has 1 aliphatic heterocycles. The van der Waals surface area contributed by atoms with Gasteiger partial charge in [0.2, 0.25) is 0 Å². The number of halogens is 2. The van der Waals surface area contributed by atoms with Crippen LogP contribution < -0.4 is 14.4 Å². The summed E-state index contributed by atoms with van der Waals surface area (Å²) in [5, 5.41) is 21.2.